The minimum Gasteiger partial charge on any atom is -0.436 e. The fourth-order valence-corrected chi connectivity index (χ4v) is 2.80. The van der Waals surface area contributed by atoms with Crippen molar-refractivity contribution < 1.29 is 4.42 Å². The number of nitrogens with one attached hydrogen (secondary N) is 1. The molecule has 19 heavy (non-hydrogen) atoms. The van der Waals surface area contributed by atoms with Crippen LogP contribution in [0.1, 0.15) is 5.56 Å². The summed E-state index contributed by atoms with van der Waals surface area (Å²) in [5.74, 6) is 0.671. The summed E-state index contributed by atoms with van der Waals surface area (Å²) in [7, 11) is 0. The van der Waals surface area contributed by atoms with Crippen molar-refractivity contribution in [3.63, 3.8) is 0 Å². The van der Waals surface area contributed by atoms with Crippen molar-refractivity contribution in [3.8, 4) is 11.5 Å². The molecule has 1 N–H and O–H groups in total. The van der Waals surface area contributed by atoms with E-state index in [9.17, 15) is 0 Å². The van der Waals surface area contributed by atoms with Gasteiger partial charge in [0.2, 0.25) is 5.89 Å². The van der Waals surface area contributed by atoms with Crippen LogP contribution >= 0.6 is 15.9 Å². The lowest BCUT2D eigenvalue weighted by Crippen LogP contribution is -1.91. The molecule has 0 saturated carbocycles. The van der Waals surface area contributed by atoms with Gasteiger partial charge in [-0.05, 0) is 42.3 Å². The summed E-state index contributed by atoms with van der Waals surface area (Å²) in [5, 5.41) is 3.38. The fraction of sp³-hybridized carbons (Fsp3) is 0.133. The van der Waals surface area contributed by atoms with Crippen molar-refractivity contribution in [2.45, 2.75) is 6.42 Å². The molecule has 0 atom stereocenters. The zero-order valence-electron chi connectivity index (χ0n) is 10.1. The number of fused-ring (bicyclic) bond motifs is 2. The van der Waals surface area contributed by atoms with E-state index in [0.717, 1.165) is 34.1 Å². The highest BCUT2D eigenvalue weighted by molar-refractivity contribution is 9.10. The summed E-state index contributed by atoms with van der Waals surface area (Å²) in [6.45, 7) is 1.01. The van der Waals surface area contributed by atoms with Crippen molar-refractivity contribution in [1.82, 2.24) is 4.98 Å². The van der Waals surface area contributed by atoms with Crippen LogP contribution in [0.3, 0.4) is 0 Å². The lowest BCUT2D eigenvalue weighted by atomic mass is 10.1. The molecule has 0 unspecified atom stereocenters. The van der Waals surface area contributed by atoms with Crippen molar-refractivity contribution >= 4 is 32.7 Å². The van der Waals surface area contributed by atoms with Crippen LogP contribution in [0, 0.1) is 0 Å². The van der Waals surface area contributed by atoms with E-state index in [2.05, 4.69) is 44.4 Å². The number of hydrogen-bond acceptors (Lipinski definition) is 3. The van der Waals surface area contributed by atoms with Gasteiger partial charge in [-0.1, -0.05) is 22.0 Å². The molecule has 4 heteroatoms. The van der Waals surface area contributed by atoms with E-state index in [-0.39, 0.29) is 0 Å². The highest BCUT2D eigenvalue weighted by atomic mass is 79.9. The Morgan fingerprint density at radius 3 is 3.05 bits per heavy atom. The quantitative estimate of drug-likeness (QED) is 0.730. The molecule has 0 aliphatic carbocycles. The molecule has 4 rings (SSSR count). The topological polar surface area (TPSA) is 38.1 Å². The third kappa shape index (κ3) is 1.83. The van der Waals surface area contributed by atoms with E-state index in [1.54, 1.807) is 0 Å². The predicted molar refractivity (Wildman–Crippen MR) is 79.3 cm³/mol. The monoisotopic (exact) mass is 314 g/mol. The highest BCUT2D eigenvalue weighted by Gasteiger charge is 2.14. The number of benzene rings is 2. The minimum atomic E-state index is 0.671. The van der Waals surface area contributed by atoms with Crippen molar-refractivity contribution in [3.05, 3.63) is 46.4 Å². The SMILES string of the molecule is Brc1ccc2oc(-c3ccc4c(c3)NCC4)nc2c1. The Balaban J connectivity index is 1.85. The average Bonchev–Trinajstić information content (AvgIpc) is 3.02. The second-order valence-corrected chi connectivity index (χ2v) is 5.60. The maximum Gasteiger partial charge on any atom is 0.227 e. The average molecular weight is 315 g/mol. The third-order valence-corrected chi connectivity index (χ3v) is 3.91. The second kappa shape index (κ2) is 4.10. The van der Waals surface area contributed by atoms with Crippen molar-refractivity contribution in [2.24, 2.45) is 0 Å². The molecule has 1 aliphatic rings. The summed E-state index contributed by atoms with van der Waals surface area (Å²) in [5.41, 5.74) is 5.26. The normalized spacial score (nSPS) is 13.5. The Hall–Kier alpha value is -1.81. The van der Waals surface area contributed by atoms with Gasteiger partial charge in [-0.25, -0.2) is 4.98 Å². The van der Waals surface area contributed by atoms with E-state index >= 15 is 0 Å². The number of nitrogens with zero attached hydrogens (tertiary/aromatic N) is 1. The fourth-order valence-electron chi connectivity index (χ4n) is 2.45. The molecule has 1 aliphatic heterocycles. The molecule has 0 fully saturated rings. The molecule has 0 radical (unpaired) electrons. The Morgan fingerprint density at radius 2 is 2.11 bits per heavy atom. The summed E-state index contributed by atoms with van der Waals surface area (Å²) in [6, 6.07) is 12.2. The van der Waals surface area contributed by atoms with Crippen LogP contribution in [-0.2, 0) is 6.42 Å². The van der Waals surface area contributed by atoms with E-state index < -0.39 is 0 Å². The van der Waals surface area contributed by atoms with Gasteiger partial charge in [0.25, 0.3) is 0 Å². The van der Waals surface area contributed by atoms with Crippen molar-refractivity contribution in [1.29, 1.82) is 0 Å². The van der Waals surface area contributed by atoms with Crippen LogP contribution in [0.5, 0.6) is 0 Å². The first kappa shape index (κ1) is 11.1. The number of anilines is 1. The number of hydrogen-bond donors (Lipinski definition) is 1. The molecule has 0 saturated heterocycles. The van der Waals surface area contributed by atoms with Crippen LogP contribution < -0.4 is 5.32 Å². The van der Waals surface area contributed by atoms with E-state index in [1.807, 2.05) is 18.2 Å². The van der Waals surface area contributed by atoms with Gasteiger partial charge in [0.15, 0.2) is 5.58 Å². The molecule has 94 valence electrons. The van der Waals surface area contributed by atoms with Gasteiger partial charge >= 0.3 is 0 Å². The Morgan fingerprint density at radius 1 is 1.16 bits per heavy atom. The molecule has 0 spiro atoms. The molecule has 2 heterocycles. The lowest BCUT2D eigenvalue weighted by Gasteiger charge is -2.01. The molecule has 1 aromatic heterocycles. The van der Waals surface area contributed by atoms with Crippen molar-refractivity contribution in [2.75, 3.05) is 11.9 Å². The summed E-state index contributed by atoms with van der Waals surface area (Å²) in [4.78, 5) is 4.54. The lowest BCUT2D eigenvalue weighted by molar-refractivity contribution is 0.620. The number of halogens is 1. The van der Waals surface area contributed by atoms with Gasteiger partial charge in [0, 0.05) is 22.3 Å². The van der Waals surface area contributed by atoms with E-state index in [1.165, 1.54) is 11.3 Å². The summed E-state index contributed by atoms with van der Waals surface area (Å²) < 4.78 is 6.82. The predicted octanol–water partition coefficient (Wildman–Crippen LogP) is 4.23. The Labute approximate surface area is 118 Å². The molecule has 3 nitrogen and oxygen atoms in total. The van der Waals surface area contributed by atoms with Gasteiger partial charge in [0.05, 0.1) is 0 Å². The molecule has 0 bridgehead atoms. The first-order chi connectivity index (χ1) is 9.29. The van der Waals surface area contributed by atoms with Crippen LogP contribution in [0.4, 0.5) is 5.69 Å². The van der Waals surface area contributed by atoms with Crippen LogP contribution in [0.25, 0.3) is 22.6 Å². The summed E-state index contributed by atoms with van der Waals surface area (Å²) in [6.07, 6.45) is 1.09. The first-order valence-electron chi connectivity index (χ1n) is 6.23. The van der Waals surface area contributed by atoms with Crippen LogP contribution in [-0.4, -0.2) is 11.5 Å². The zero-order valence-corrected chi connectivity index (χ0v) is 11.7. The van der Waals surface area contributed by atoms with Crippen LogP contribution in [0.15, 0.2) is 45.3 Å². The van der Waals surface area contributed by atoms with Gasteiger partial charge in [-0.2, -0.15) is 0 Å². The molecule has 0 amide bonds. The first-order valence-corrected chi connectivity index (χ1v) is 7.02. The minimum absolute atomic E-state index is 0.671. The number of oxazole rings is 1. The second-order valence-electron chi connectivity index (χ2n) is 4.68. The smallest absolute Gasteiger partial charge is 0.227 e. The molecular weight excluding hydrogens is 304 g/mol. The van der Waals surface area contributed by atoms with E-state index in [0.29, 0.717) is 5.89 Å². The third-order valence-electron chi connectivity index (χ3n) is 3.42. The zero-order chi connectivity index (χ0) is 12.8. The molecule has 3 aromatic rings. The van der Waals surface area contributed by atoms with Gasteiger partial charge in [-0.3, -0.25) is 0 Å². The highest BCUT2D eigenvalue weighted by Crippen LogP contribution is 2.31. The maximum atomic E-state index is 5.81. The van der Waals surface area contributed by atoms with E-state index in [4.69, 9.17) is 4.42 Å². The largest absolute Gasteiger partial charge is 0.436 e. The molecular formula is C15H11BrN2O. The number of aromatic nitrogens is 1. The number of rotatable bonds is 1. The van der Waals surface area contributed by atoms with Gasteiger partial charge in [-0.15, -0.1) is 0 Å². The van der Waals surface area contributed by atoms with Gasteiger partial charge < -0.3 is 9.73 Å². The Bertz CT molecular complexity index is 779. The standard InChI is InChI=1S/C15H11BrN2O/c16-11-3-4-14-13(8-11)18-15(19-14)10-2-1-9-5-6-17-12(9)7-10/h1-4,7-8,17H,5-6H2. The molecule has 2 aromatic carbocycles. The van der Waals surface area contributed by atoms with Gasteiger partial charge in [0.1, 0.15) is 5.52 Å². The van der Waals surface area contributed by atoms with Crippen LogP contribution in [0.2, 0.25) is 0 Å². The maximum absolute atomic E-state index is 5.81. The Kier molecular flexibility index (Phi) is 2.38. The summed E-state index contributed by atoms with van der Waals surface area (Å²) >= 11 is 3.45.